The Kier molecular flexibility index (Phi) is 4.85. The van der Waals surface area contributed by atoms with E-state index in [2.05, 4.69) is 53.1 Å². The van der Waals surface area contributed by atoms with Gasteiger partial charge in [-0.1, -0.05) is 18.2 Å². The van der Waals surface area contributed by atoms with Gasteiger partial charge in [-0.3, -0.25) is 0 Å². The number of nitrogens with one attached hydrogen (secondary N) is 1. The second-order valence-electron chi connectivity index (χ2n) is 4.78. The monoisotopic (exact) mass is 297 g/mol. The summed E-state index contributed by atoms with van der Waals surface area (Å²) in [4.78, 5) is 1.49. The summed E-state index contributed by atoms with van der Waals surface area (Å²) in [7, 11) is 0. The molecule has 1 aromatic carbocycles. The predicted molar refractivity (Wildman–Crippen MR) is 86.2 cm³/mol. The third-order valence-electron chi connectivity index (χ3n) is 3.34. The van der Waals surface area contributed by atoms with E-state index in [1.807, 2.05) is 11.8 Å². The van der Waals surface area contributed by atoms with Crippen molar-refractivity contribution >= 4 is 35.3 Å². The SMILES string of the molecule is c1ccc2c(c1)CC(CNCC1CSCCS1)S2. The van der Waals surface area contributed by atoms with Gasteiger partial charge in [0.25, 0.3) is 0 Å². The maximum atomic E-state index is 3.68. The fourth-order valence-electron chi connectivity index (χ4n) is 2.43. The molecule has 1 aromatic rings. The third kappa shape index (κ3) is 3.41. The van der Waals surface area contributed by atoms with Crippen LogP contribution < -0.4 is 5.32 Å². The Morgan fingerprint density at radius 1 is 1.11 bits per heavy atom. The summed E-state index contributed by atoms with van der Waals surface area (Å²) >= 11 is 6.30. The number of rotatable bonds is 4. The molecule has 0 amide bonds. The van der Waals surface area contributed by atoms with Crippen molar-refractivity contribution in [1.29, 1.82) is 0 Å². The standard InChI is InChI=1S/C14H19NS3/c1-2-4-14-11(3-1)7-12(18-14)8-15-9-13-10-16-5-6-17-13/h1-4,12-13,15H,5-10H2. The Morgan fingerprint density at radius 2 is 2.00 bits per heavy atom. The number of hydrogen-bond acceptors (Lipinski definition) is 4. The van der Waals surface area contributed by atoms with E-state index >= 15 is 0 Å². The molecule has 1 fully saturated rings. The highest BCUT2D eigenvalue weighted by Crippen LogP contribution is 2.36. The van der Waals surface area contributed by atoms with E-state index in [1.54, 1.807) is 0 Å². The predicted octanol–water partition coefficient (Wildman–Crippen LogP) is 3.14. The lowest BCUT2D eigenvalue weighted by atomic mass is 10.1. The van der Waals surface area contributed by atoms with E-state index in [9.17, 15) is 0 Å². The van der Waals surface area contributed by atoms with E-state index in [-0.39, 0.29) is 0 Å². The maximum Gasteiger partial charge on any atom is 0.0263 e. The van der Waals surface area contributed by atoms with Gasteiger partial charge in [0.05, 0.1) is 0 Å². The first-order valence-electron chi connectivity index (χ1n) is 6.56. The highest BCUT2D eigenvalue weighted by atomic mass is 32.2. The second kappa shape index (κ2) is 6.60. The van der Waals surface area contributed by atoms with Crippen molar-refractivity contribution in [2.75, 3.05) is 30.3 Å². The lowest BCUT2D eigenvalue weighted by Gasteiger charge is -2.22. The molecular weight excluding hydrogens is 278 g/mol. The van der Waals surface area contributed by atoms with Crippen LogP contribution in [-0.2, 0) is 6.42 Å². The van der Waals surface area contributed by atoms with Gasteiger partial charge in [0, 0.05) is 45.7 Å². The molecule has 1 saturated heterocycles. The molecule has 1 N–H and O–H groups in total. The summed E-state index contributed by atoms with van der Waals surface area (Å²) in [6, 6.07) is 8.84. The molecule has 2 aliphatic rings. The van der Waals surface area contributed by atoms with E-state index in [4.69, 9.17) is 0 Å². The van der Waals surface area contributed by atoms with Gasteiger partial charge in [0.1, 0.15) is 0 Å². The van der Waals surface area contributed by atoms with Gasteiger partial charge in [-0.2, -0.15) is 23.5 Å². The van der Waals surface area contributed by atoms with E-state index < -0.39 is 0 Å². The Bertz CT molecular complexity index is 365. The second-order valence-corrected chi connectivity index (χ2v) is 8.68. The first-order valence-corrected chi connectivity index (χ1v) is 9.65. The number of thioether (sulfide) groups is 3. The number of fused-ring (bicyclic) bond motifs is 1. The van der Waals surface area contributed by atoms with Gasteiger partial charge >= 0.3 is 0 Å². The molecule has 2 heterocycles. The molecule has 98 valence electrons. The van der Waals surface area contributed by atoms with E-state index in [1.165, 1.54) is 40.7 Å². The summed E-state index contributed by atoms with van der Waals surface area (Å²) in [6.07, 6.45) is 1.24. The summed E-state index contributed by atoms with van der Waals surface area (Å²) in [6.45, 7) is 2.34. The molecule has 3 rings (SSSR count). The Labute approximate surface area is 122 Å². The zero-order valence-electron chi connectivity index (χ0n) is 10.4. The van der Waals surface area contributed by atoms with Crippen LogP contribution in [0.3, 0.4) is 0 Å². The fourth-order valence-corrected chi connectivity index (χ4v) is 6.36. The summed E-state index contributed by atoms with van der Waals surface area (Å²) in [5, 5.41) is 5.25. The van der Waals surface area contributed by atoms with Crippen molar-refractivity contribution in [3.8, 4) is 0 Å². The molecule has 0 saturated carbocycles. The fraction of sp³-hybridized carbons (Fsp3) is 0.571. The molecule has 1 nitrogen and oxygen atoms in total. The summed E-state index contributed by atoms with van der Waals surface area (Å²) in [5.74, 6) is 4.01. The lowest BCUT2D eigenvalue weighted by Crippen LogP contribution is -2.33. The van der Waals surface area contributed by atoms with Gasteiger partial charge in [-0.15, -0.1) is 11.8 Å². The molecule has 4 heteroatoms. The Hall–Kier alpha value is 0.230. The van der Waals surface area contributed by atoms with Crippen molar-refractivity contribution in [2.45, 2.75) is 21.8 Å². The smallest absolute Gasteiger partial charge is 0.0263 e. The van der Waals surface area contributed by atoms with Crippen LogP contribution >= 0.6 is 35.3 Å². The van der Waals surface area contributed by atoms with E-state index in [0.29, 0.717) is 0 Å². The number of benzene rings is 1. The summed E-state index contributed by atoms with van der Waals surface area (Å²) in [5.41, 5.74) is 1.54. The van der Waals surface area contributed by atoms with E-state index in [0.717, 1.165) is 17.0 Å². The van der Waals surface area contributed by atoms with Crippen molar-refractivity contribution in [3.05, 3.63) is 29.8 Å². The average molecular weight is 298 g/mol. The van der Waals surface area contributed by atoms with Crippen molar-refractivity contribution in [1.82, 2.24) is 5.32 Å². The van der Waals surface area contributed by atoms with Gasteiger partial charge < -0.3 is 5.32 Å². The topological polar surface area (TPSA) is 12.0 Å². The van der Waals surface area contributed by atoms with Crippen LogP contribution in [0.15, 0.2) is 29.2 Å². The van der Waals surface area contributed by atoms with Crippen molar-refractivity contribution < 1.29 is 0 Å². The Balaban J connectivity index is 1.40. The largest absolute Gasteiger partial charge is 0.314 e. The zero-order valence-corrected chi connectivity index (χ0v) is 12.9. The molecule has 2 aliphatic heterocycles. The van der Waals surface area contributed by atoms with Crippen LogP contribution in [0.5, 0.6) is 0 Å². The molecule has 0 aromatic heterocycles. The molecule has 0 radical (unpaired) electrons. The van der Waals surface area contributed by atoms with Crippen molar-refractivity contribution in [2.24, 2.45) is 0 Å². The molecule has 0 bridgehead atoms. The highest BCUT2D eigenvalue weighted by molar-refractivity contribution is 8.06. The van der Waals surface area contributed by atoms with Crippen LogP contribution in [-0.4, -0.2) is 40.8 Å². The van der Waals surface area contributed by atoms with Crippen LogP contribution in [0.25, 0.3) is 0 Å². The third-order valence-corrected chi connectivity index (χ3v) is 7.51. The lowest BCUT2D eigenvalue weighted by molar-refractivity contribution is 0.662. The summed E-state index contributed by atoms with van der Waals surface area (Å²) < 4.78 is 0. The molecule has 2 atom stereocenters. The molecule has 0 aliphatic carbocycles. The minimum absolute atomic E-state index is 0.739. The first-order chi connectivity index (χ1) is 8.92. The molecule has 0 spiro atoms. The minimum atomic E-state index is 0.739. The van der Waals surface area contributed by atoms with Crippen LogP contribution in [0.4, 0.5) is 0 Å². The van der Waals surface area contributed by atoms with Crippen LogP contribution in [0.2, 0.25) is 0 Å². The number of hydrogen-bond donors (Lipinski definition) is 1. The van der Waals surface area contributed by atoms with Crippen LogP contribution in [0, 0.1) is 0 Å². The van der Waals surface area contributed by atoms with Crippen molar-refractivity contribution in [3.63, 3.8) is 0 Å². The normalized spacial score (nSPS) is 27.1. The minimum Gasteiger partial charge on any atom is -0.314 e. The quantitative estimate of drug-likeness (QED) is 0.916. The first kappa shape index (κ1) is 13.2. The van der Waals surface area contributed by atoms with Crippen LogP contribution in [0.1, 0.15) is 5.56 Å². The molecular formula is C14H19NS3. The Morgan fingerprint density at radius 3 is 2.83 bits per heavy atom. The van der Waals surface area contributed by atoms with Gasteiger partial charge in [-0.05, 0) is 18.1 Å². The highest BCUT2D eigenvalue weighted by Gasteiger charge is 2.22. The van der Waals surface area contributed by atoms with Gasteiger partial charge in [0.15, 0.2) is 0 Å². The molecule has 2 unspecified atom stereocenters. The maximum absolute atomic E-state index is 3.68. The van der Waals surface area contributed by atoms with Gasteiger partial charge in [-0.25, -0.2) is 0 Å². The van der Waals surface area contributed by atoms with Gasteiger partial charge in [0.2, 0.25) is 0 Å². The average Bonchev–Trinajstić information content (AvgIpc) is 2.82. The molecule has 18 heavy (non-hydrogen) atoms. The zero-order chi connectivity index (χ0) is 12.2.